The Morgan fingerprint density at radius 1 is 1.00 bits per heavy atom. The Bertz CT molecular complexity index is 896. The Balaban J connectivity index is 1.91. The molecule has 5 heteroatoms. The predicted octanol–water partition coefficient (Wildman–Crippen LogP) is 4.83. The average Bonchev–Trinajstić information content (AvgIpc) is 2.67. The molecule has 0 bridgehead atoms. The largest absolute Gasteiger partial charge is 0.354 e. The van der Waals surface area contributed by atoms with Gasteiger partial charge in [0.15, 0.2) is 0 Å². The van der Waals surface area contributed by atoms with Gasteiger partial charge in [-0.05, 0) is 30.2 Å². The van der Waals surface area contributed by atoms with E-state index in [0.717, 1.165) is 23.5 Å². The van der Waals surface area contributed by atoms with Crippen LogP contribution < -0.4 is 10.6 Å². The third kappa shape index (κ3) is 4.58. The van der Waals surface area contributed by atoms with Crippen molar-refractivity contribution in [1.82, 2.24) is 9.97 Å². The summed E-state index contributed by atoms with van der Waals surface area (Å²) in [6, 6.07) is 21.4. The van der Waals surface area contributed by atoms with E-state index in [1.165, 1.54) is 0 Å². The fourth-order valence-corrected chi connectivity index (χ4v) is 2.42. The van der Waals surface area contributed by atoms with Crippen LogP contribution in [-0.4, -0.2) is 16.5 Å². The summed E-state index contributed by atoms with van der Waals surface area (Å²) in [5, 5.41) is 15.5. The van der Waals surface area contributed by atoms with Crippen LogP contribution in [0.2, 0.25) is 0 Å². The number of nitriles is 1. The minimum absolute atomic E-state index is 0.494. The molecule has 1 aromatic heterocycles. The third-order valence-corrected chi connectivity index (χ3v) is 3.75. The van der Waals surface area contributed by atoms with Gasteiger partial charge in [0.25, 0.3) is 0 Å². The Morgan fingerprint density at radius 3 is 2.38 bits per heavy atom. The van der Waals surface area contributed by atoms with E-state index in [9.17, 15) is 0 Å². The molecule has 0 spiro atoms. The molecule has 2 N–H and O–H groups in total. The molecule has 2 aromatic carbocycles. The molecule has 0 aliphatic carbocycles. The average molecular weight is 343 g/mol. The van der Waals surface area contributed by atoms with Gasteiger partial charge in [0.2, 0.25) is 5.95 Å². The molecule has 0 radical (unpaired) electrons. The van der Waals surface area contributed by atoms with Gasteiger partial charge in [0.1, 0.15) is 5.82 Å². The maximum Gasteiger partial charge on any atom is 0.225 e. The van der Waals surface area contributed by atoms with Gasteiger partial charge < -0.3 is 10.6 Å². The number of hydrogen-bond acceptors (Lipinski definition) is 5. The molecule has 0 aliphatic heterocycles. The van der Waals surface area contributed by atoms with Crippen LogP contribution in [0.25, 0.3) is 11.3 Å². The van der Waals surface area contributed by atoms with Crippen LogP contribution in [0, 0.1) is 17.2 Å². The second-order valence-electron chi connectivity index (χ2n) is 6.42. The molecule has 0 saturated carbocycles. The SMILES string of the molecule is CC(C)CNc1nc(Nc2ccc(C#N)cc2)cc(-c2ccccc2)n1. The van der Waals surface area contributed by atoms with Crippen LogP contribution >= 0.6 is 0 Å². The Kier molecular flexibility index (Phi) is 5.45. The van der Waals surface area contributed by atoms with Gasteiger partial charge in [-0.1, -0.05) is 44.2 Å². The zero-order valence-electron chi connectivity index (χ0n) is 14.9. The number of hydrogen-bond donors (Lipinski definition) is 2. The van der Waals surface area contributed by atoms with E-state index < -0.39 is 0 Å². The fourth-order valence-electron chi connectivity index (χ4n) is 2.42. The van der Waals surface area contributed by atoms with Crippen molar-refractivity contribution in [3.63, 3.8) is 0 Å². The normalized spacial score (nSPS) is 10.4. The van der Waals surface area contributed by atoms with Gasteiger partial charge in [-0.25, -0.2) is 4.98 Å². The highest BCUT2D eigenvalue weighted by atomic mass is 15.1. The number of rotatable bonds is 6. The van der Waals surface area contributed by atoms with Gasteiger partial charge in [0, 0.05) is 23.9 Å². The van der Waals surface area contributed by atoms with Crippen LogP contribution in [-0.2, 0) is 0 Å². The zero-order chi connectivity index (χ0) is 18.4. The zero-order valence-corrected chi connectivity index (χ0v) is 14.9. The van der Waals surface area contributed by atoms with Gasteiger partial charge in [-0.15, -0.1) is 0 Å². The highest BCUT2D eigenvalue weighted by molar-refractivity contribution is 5.67. The van der Waals surface area contributed by atoms with Gasteiger partial charge >= 0.3 is 0 Å². The number of aromatic nitrogens is 2. The Labute approximate surface area is 153 Å². The van der Waals surface area contributed by atoms with Crippen molar-refractivity contribution in [1.29, 1.82) is 5.26 Å². The molecule has 0 fully saturated rings. The molecule has 3 rings (SSSR count). The summed E-state index contributed by atoms with van der Waals surface area (Å²) in [7, 11) is 0. The van der Waals surface area contributed by atoms with Crippen LogP contribution in [0.4, 0.5) is 17.5 Å². The van der Waals surface area contributed by atoms with E-state index in [1.807, 2.05) is 48.5 Å². The maximum absolute atomic E-state index is 8.92. The fraction of sp³-hybridized carbons (Fsp3) is 0.190. The summed E-state index contributed by atoms with van der Waals surface area (Å²) in [6.45, 7) is 5.09. The second-order valence-corrected chi connectivity index (χ2v) is 6.42. The van der Waals surface area contributed by atoms with E-state index in [2.05, 4.69) is 40.5 Å². The predicted molar refractivity (Wildman–Crippen MR) is 105 cm³/mol. The summed E-state index contributed by atoms with van der Waals surface area (Å²) < 4.78 is 0. The summed E-state index contributed by atoms with van der Waals surface area (Å²) in [5.41, 5.74) is 3.38. The van der Waals surface area contributed by atoms with Gasteiger partial charge in [-0.2, -0.15) is 10.2 Å². The van der Waals surface area contributed by atoms with Crippen molar-refractivity contribution in [3.8, 4) is 17.3 Å². The monoisotopic (exact) mass is 343 g/mol. The quantitative estimate of drug-likeness (QED) is 0.671. The van der Waals surface area contributed by atoms with Crippen molar-refractivity contribution >= 4 is 17.5 Å². The third-order valence-electron chi connectivity index (χ3n) is 3.75. The van der Waals surface area contributed by atoms with E-state index in [4.69, 9.17) is 5.26 Å². The molecule has 0 saturated heterocycles. The first-order valence-electron chi connectivity index (χ1n) is 8.59. The highest BCUT2D eigenvalue weighted by Crippen LogP contribution is 2.23. The number of benzene rings is 2. The second kappa shape index (κ2) is 8.13. The number of nitrogens with one attached hydrogen (secondary N) is 2. The van der Waals surface area contributed by atoms with E-state index in [0.29, 0.717) is 23.2 Å². The van der Waals surface area contributed by atoms with Crippen molar-refractivity contribution in [3.05, 3.63) is 66.2 Å². The lowest BCUT2D eigenvalue weighted by atomic mass is 10.1. The molecule has 3 aromatic rings. The first-order valence-corrected chi connectivity index (χ1v) is 8.59. The number of anilines is 3. The number of nitrogens with zero attached hydrogens (tertiary/aromatic N) is 3. The smallest absolute Gasteiger partial charge is 0.225 e. The minimum Gasteiger partial charge on any atom is -0.354 e. The molecule has 130 valence electrons. The topological polar surface area (TPSA) is 73.6 Å². The van der Waals surface area contributed by atoms with E-state index in [-0.39, 0.29) is 0 Å². The Hall–Kier alpha value is -3.39. The van der Waals surface area contributed by atoms with Crippen molar-refractivity contribution in [2.45, 2.75) is 13.8 Å². The van der Waals surface area contributed by atoms with Crippen molar-refractivity contribution in [2.75, 3.05) is 17.2 Å². The lowest BCUT2D eigenvalue weighted by Crippen LogP contribution is -2.11. The molecular weight excluding hydrogens is 322 g/mol. The molecule has 0 unspecified atom stereocenters. The summed E-state index contributed by atoms with van der Waals surface area (Å²) in [4.78, 5) is 9.21. The van der Waals surface area contributed by atoms with E-state index in [1.54, 1.807) is 12.1 Å². The molecule has 5 nitrogen and oxygen atoms in total. The first kappa shape index (κ1) is 17.4. The lowest BCUT2D eigenvalue weighted by Gasteiger charge is -2.12. The van der Waals surface area contributed by atoms with Crippen LogP contribution in [0.3, 0.4) is 0 Å². The van der Waals surface area contributed by atoms with Gasteiger partial charge in [-0.3, -0.25) is 0 Å². The lowest BCUT2D eigenvalue weighted by molar-refractivity contribution is 0.685. The highest BCUT2D eigenvalue weighted by Gasteiger charge is 2.08. The van der Waals surface area contributed by atoms with Crippen LogP contribution in [0.5, 0.6) is 0 Å². The Morgan fingerprint density at radius 2 is 1.73 bits per heavy atom. The van der Waals surface area contributed by atoms with Crippen molar-refractivity contribution in [2.24, 2.45) is 5.92 Å². The maximum atomic E-state index is 8.92. The summed E-state index contributed by atoms with van der Waals surface area (Å²) in [5.74, 6) is 1.79. The van der Waals surface area contributed by atoms with Crippen molar-refractivity contribution < 1.29 is 0 Å². The summed E-state index contributed by atoms with van der Waals surface area (Å²) >= 11 is 0. The minimum atomic E-state index is 0.494. The standard InChI is InChI=1S/C21H21N5/c1-15(2)14-23-21-25-19(17-6-4-3-5-7-17)12-20(26-21)24-18-10-8-16(13-22)9-11-18/h3-12,15H,14H2,1-2H3,(H2,23,24,25,26). The van der Waals surface area contributed by atoms with E-state index >= 15 is 0 Å². The molecule has 0 aliphatic rings. The first-order chi connectivity index (χ1) is 12.6. The molecule has 0 amide bonds. The molecule has 26 heavy (non-hydrogen) atoms. The molecule has 1 heterocycles. The van der Waals surface area contributed by atoms with Crippen LogP contribution in [0.1, 0.15) is 19.4 Å². The summed E-state index contributed by atoms with van der Waals surface area (Å²) in [6.07, 6.45) is 0. The molecular formula is C21H21N5. The van der Waals surface area contributed by atoms with Gasteiger partial charge in [0.05, 0.1) is 17.3 Å². The van der Waals surface area contributed by atoms with Crippen LogP contribution in [0.15, 0.2) is 60.7 Å². The molecule has 0 atom stereocenters.